The summed E-state index contributed by atoms with van der Waals surface area (Å²) >= 11 is 0. The molecule has 4 nitrogen and oxygen atoms in total. The van der Waals surface area contributed by atoms with Crippen molar-refractivity contribution in [1.82, 2.24) is 9.13 Å². The lowest BCUT2D eigenvalue weighted by atomic mass is 9.95. The molecule has 0 aliphatic carbocycles. The molecule has 0 aliphatic rings. The lowest BCUT2D eigenvalue weighted by molar-refractivity contribution is 0.669. The molecule has 4 aromatic heterocycles. The van der Waals surface area contributed by atoms with Crippen molar-refractivity contribution in [2.75, 3.05) is 0 Å². The maximum absolute atomic E-state index is 6.66. The second-order valence-electron chi connectivity index (χ2n) is 14.0. The van der Waals surface area contributed by atoms with E-state index in [0.717, 1.165) is 61.1 Å². The standard InChI is InChI=1S/C48H26N2O2/c1-2-11-28(12-3-1)49-34-18-7-16-31-32-17-9-21-40-44(32)48-41(52-40)25-24-37-47(48)46-36(23-22-35(49)45(46)43(31)34)50(37)29-13-6-10-27(26-29)30-15-8-20-39-42(30)33-14-4-5-19-38(33)51-39/h1-26H. The van der Waals surface area contributed by atoms with Crippen molar-refractivity contribution in [3.8, 4) is 22.5 Å². The topological polar surface area (TPSA) is 36.1 Å². The first-order valence-electron chi connectivity index (χ1n) is 17.8. The Bertz CT molecular complexity index is 3570. The van der Waals surface area contributed by atoms with Crippen LogP contribution in [0.3, 0.4) is 0 Å². The van der Waals surface area contributed by atoms with Crippen LogP contribution in [0.4, 0.5) is 0 Å². The smallest absolute Gasteiger partial charge is 0.136 e. The van der Waals surface area contributed by atoms with Crippen LogP contribution in [0.15, 0.2) is 167 Å². The van der Waals surface area contributed by atoms with Gasteiger partial charge < -0.3 is 18.0 Å². The van der Waals surface area contributed by atoms with Gasteiger partial charge >= 0.3 is 0 Å². The van der Waals surface area contributed by atoms with Gasteiger partial charge in [-0.05, 0) is 94.7 Å². The monoisotopic (exact) mass is 662 g/mol. The van der Waals surface area contributed by atoms with Crippen molar-refractivity contribution < 1.29 is 8.83 Å². The number of fused-ring (bicyclic) bond motifs is 4. The van der Waals surface area contributed by atoms with Crippen LogP contribution < -0.4 is 0 Å². The number of para-hydroxylation sites is 2. The maximum Gasteiger partial charge on any atom is 0.136 e. The highest BCUT2D eigenvalue weighted by Gasteiger charge is 2.27. The van der Waals surface area contributed by atoms with E-state index in [1.165, 1.54) is 59.6 Å². The molecular formula is C48H26N2O2. The summed E-state index contributed by atoms with van der Waals surface area (Å²) in [4.78, 5) is 0. The van der Waals surface area contributed by atoms with E-state index in [-0.39, 0.29) is 0 Å². The number of hydrogen-bond donors (Lipinski definition) is 0. The fourth-order valence-electron chi connectivity index (χ4n) is 9.46. The molecule has 240 valence electrons. The number of hydrogen-bond acceptors (Lipinski definition) is 2. The summed E-state index contributed by atoms with van der Waals surface area (Å²) in [7, 11) is 0. The summed E-state index contributed by atoms with van der Waals surface area (Å²) in [6.07, 6.45) is 0. The largest absolute Gasteiger partial charge is 0.456 e. The molecule has 0 saturated carbocycles. The predicted octanol–water partition coefficient (Wildman–Crippen LogP) is 13.4. The van der Waals surface area contributed by atoms with E-state index in [0.29, 0.717) is 0 Å². The van der Waals surface area contributed by atoms with Crippen LogP contribution in [-0.2, 0) is 0 Å². The Kier molecular flexibility index (Phi) is 4.83. The minimum atomic E-state index is 0.900. The quantitative estimate of drug-likeness (QED) is 0.189. The van der Waals surface area contributed by atoms with E-state index in [4.69, 9.17) is 8.83 Å². The molecule has 0 unspecified atom stereocenters. The molecule has 0 saturated heterocycles. The normalized spacial score (nSPS) is 12.6. The van der Waals surface area contributed by atoms with Gasteiger partial charge in [-0.2, -0.15) is 0 Å². The molecule has 0 spiro atoms. The van der Waals surface area contributed by atoms with Gasteiger partial charge in [0.2, 0.25) is 0 Å². The Morgan fingerprint density at radius 1 is 0.308 bits per heavy atom. The Labute approximate surface area is 295 Å². The van der Waals surface area contributed by atoms with E-state index in [1.54, 1.807) is 0 Å². The third-order valence-corrected chi connectivity index (χ3v) is 11.4. The molecule has 0 atom stereocenters. The average molecular weight is 663 g/mol. The van der Waals surface area contributed by atoms with Crippen molar-refractivity contribution in [1.29, 1.82) is 0 Å². The lowest BCUT2D eigenvalue weighted by Crippen LogP contribution is -1.95. The van der Waals surface area contributed by atoms with Crippen LogP contribution in [0.25, 0.3) is 121 Å². The van der Waals surface area contributed by atoms with E-state index in [1.807, 2.05) is 12.1 Å². The molecular weight excluding hydrogens is 637 g/mol. The zero-order valence-corrected chi connectivity index (χ0v) is 27.7. The first-order valence-corrected chi connectivity index (χ1v) is 17.8. The van der Waals surface area contributed by atoms with Gasteiger partial charge in [0, 0.05) is 54.5 Å². The Morgan fingerprint density at radius 3 is 1.71 bits per heavy atom. The third kappa shape index (κ3) is 3.19. The summed E-state index contributed by atoms with van der Waals surface area (Å²) < 4.78 is 17.9. The second-order valence-corrected chi connectivity index (χ2v) is 14.0. The zero-order valence-electron chi connectivity index (χ0n) is 27.7. The summed E-state index contributed by atoms with van der Waals surface area (Å²) in [5.74, 6) is 0. The van der Waals surface area contributed by atoms with Crippen LogP contribution >= 0.6 is 0 Å². The first-order chi connectivity index (χ1) is 25.8. The van der Waals surface area contributed by atoms with Gasteiger partial charge in [-0.15, -0.1) is 0 Å². The van der Waals surface area contributed by atoms with Crippen LogP contribution in [0, 0.1) is 0 Å². The number of aromatic nitrogens is 2. The first kappa shape index (κ1) is 26.8. The van der Waals surface area contributed by atoms with Crippen molar-refractivity contribution in [2.24, 2.45) is 0 Å². The number of rotatable bonds is 3. The van der Waals surface area contributed by atoms with Gasteiger partial charge in [0.25, 0.3) is 0 Å². The van der Waals surface area contributed by atoms with Crippen molar-refractivity contribution >= 4 is 98.3 Å². The molecule has 0 N–H and O–H groups in total. The number of furan rings is 2. The summed E-state index contributed by atoms with van der Waals surface area (Å²) in [5, 5.41) is 12.1. The molecule has 0 fully saturated rings. The predicted molar refractivity (Wildman–Crippen MR) is 215 cm³/mol. The number of nitrogens with zero attached hydrogens (tertiary/aromatic N) is 2. The summed E-state index contributed by atoms with van der Waals surface area (Å²) in [6.45, 7) is 0. The van der Waals surface area contributed by atoms with Crippen molar-refractivity contribution in [3.05, 3.63) is 158 Å². The van der Waals surface area contributed by atoms with Gasteiger partial charge in [-0.3, -0.25) is 0 Å². The third-order valence-electron chi connectivity index (χ3n) is 11.4. The zero-order chi connectivity index (χ0) is 33.7. The van der Waals surface area contributed by atoms with E-state index in [9.17, 15) is 0 Å². The SMILES string of the molecule is c1ccc(-n2c3cccc4c5cccc6oc7ccc8c(c7c65)c5c(c43)c2ccc5n8-c2cccc(-c3cccc4oc5ccccc5c34)c2)cc1. The molecule has 0 aliphatic heterocycles. The van der Waals surface area contributed by atoms with Crippen LogP contribution in [0.5, 0.6) is 0 Å². The highest BCUT2D eigenvalue weighted by atomic mass is 16.3. The maximum atomic E-state index is 6.66. The molecule has 0 radical (unpaired) electrons. The van der Waals surface area contributed by atoms with E-state index in [2.05, 4.69) is 155 Å². The molecule has 0 amide bonds. The van der Waals surface area contributed by atoms with Crippen LogP contribution in [0.1, 0.15) is 0 Å². The molecule has 13 aromatic rings. The molecule has 13 rings (SSSR count). The van der Waals surface area contributed by atoms with Gasteiger partial charge in [0.1, 0.15) is 22.3 Å². The van der Waals surface area contributed by atoms with E-state index >= 15 is 0 Å². The lowest BCUT2D eigenvalue weighted by Gasteiger charge is -2.11. The van der Waals surface area contributed by atoms with Gasteiger partial charge in [0.05, 0.1) is 22.1 Å². The highest BCUT2D eigenvalue weighted by Crippen LogP contribution is 2.50. The Hall–Kier alpha value is -7.04. The summed E-state index contributed by atoms with van der Waals surface area (Å²) in [6, 6.07) is 56.7. The second kappa shape index (κ2) is 9.39. The molecule has 4 heteroatoms. The minimum Gasteiger partial charge on any atom is -0.456 e. The van der Waals surface area contributed by atoms with Crippen LogP contribution in [-0.4, -0.2) is 9.13 Å². The van der Waals surface area contributed by atoms with Gasteiger partial charge in [-0.1, -0.05) is 84.9 Å². The summed E-state index contributed by atoms with van der Waals surface area (Å²) in [5.41, 5.74) is 12.9. The fourth-order valence-corrected chi connectivity index (χ4v) is 9.46. The van der Waals surface area contributed by atoms with Crippen molar-refractivity contribution in [2.45, 2.75) is 0 Å². The van der Waals surface area contributed by atoms with Gasteiger partial charge in [0.15, 0.2) is 0 Å². The molecule has 52 heavy (non-hydrogen) atoms. The van der Waals surface area contributed by atoms with Gasteiger partial charge in [-0.25, -0.2) is 0 Å². The molecule has 9 aromatic carbocycles. The minimum absolute atomic E-state index is 0.900. The number of benzene rings is 8. The van der Waals surface area contributed by atoms with E-state index < -0.39 is 0 Å². The fraction of sp³-hybridized carbons (Fsp3) is 0. The van der Waals surface area contributed by atoms with Crippen LogP contribution in [0.2, 0.25) is 0 Å². The van der Waals surface area contributed by atoms with Crippen molar-refractivity contribution in [3.63, 3.8) is 0 Å². The Balaban J connectivity index is 1.22. The average Bonchev–Trinajstić information content (AvgIpc) is 3.94. The highest BCUT2D eigenvalue weighted by molar-refractivity contribution is 6.42. The molecule has 4 heterocycles. The molecule has 0 bridgehead atoms. The Morgan fingerprint density at radius 2 is 0.846 bits per heavy atom.